The van der Waals surface area contributed by atoms with E-state index < -0.39 is 35.2 Å². The van der Waals surface area contributed by atoms with Gasteiger partial charge in [0.2, 0.25) is 0 Å². The molecule has 17 heteroatoms. The Balaban J connectivity index is 2.95. The van der Waals surface area contributed by atoms with Crippen molar-refractivity contribution < 1.29 is 53.1 Å². The largest absolute Gasteiger partial charge is 0.529 e. The molecule has 0 atom stereocenters. The van der Waals surface area contributed by atoms with E-state index in [1.165, 1.54) is 0 Å². The molecule has 0 unspecified atom stereocenters. The van der Waals surface area contributed by atoms with Crippen molar-refractivity contribution in [2.75, 3.05) is 79.3 Å². The molecule has 2 aromatic carbocycles. The van der Waals surface area contributed by atoms with E-state index in [2.05, 4.69) is 49.4 Å². The number of aryl methyl sites for hydroxylation is 2. The first kappa shape index (κ1) is 58.1. The van der Waals surface area contributed by atoms with Crippen molar-refractivity contribution in [3.63, 3.8) is 0 Å². The molecule has 0 fully saturated rings. The zero-order valence-corrected chi connectivity index (χ0v) is 45.6. The number of hydrogen-bond donors (Lipinski definition) is 0. The molecule has 0 radical (unpaired) electrons. The molecule has 2 rings (SSSR count). The van der Waals surface area contributed by atoms with Crippen LogP contribution in [0.5, 0.6) is 0 Å². The van der Waals surface area contributed by atoms with Crippen molar-refractivity contribution in [3.05, 3.63) is 81.2 Å². The lowest BCUT2D eigenvalue weighted by Gasteiger charge is -2.29. The van der Waals surface area contributed by atoms with Gasteiger partial charge in [-0.05, 0) is 142 Å². The second-order valence-electron chi connectivity index (χ2n) is 14.2. The zero-order valence-electron chi connectivity index (χ0n) is 41.6. The van der Waals surface area contributed by atoms with Crippen LogP contribution in [0.15, 0.2) is 52.8 Å². The topological polar surface area (TPSA) is 123 Å². The quantitative estimate of drug-likeness (QED) is 0.0473. The van der Waals surface area contributed by atoms with E-state index in [9.17, 15) is 0 Å². The van der Waals surface area contributed by atoms with Crippen molar-refractivity contribution in [1.82, 2.24) is 0 Å². The van der Waals surface area contributed by atoms with Crippen molar-refractivity contribution in [2.45, 2.75) is 121 Å². The Bertz CT molecular complexity index is 1510. The van der Waals surface area contributed by atoms with E-state index in [1.54, 1.807) is 0 Å². The van der Waals surface area contributed by atoms with Gasteiger partial charge in [0.1, 0.15) is 0 Å². The predicted octanol–water partition coefficient (Wildman–Crippen LogP) is 10.1. The minimum Gasteiger partial charge on any atom is -0.374 e. The molecule has 0 saturated carbocycles. The van der Waals surface area contributed by atoms with Crippen LogP contribution in [-0.4, -0.2) is 120 Å². The summed E-state index contributed by atoms with van der Waals surface area (Å²) >= 11 is 0. The van der Waals surface area contributed by atoms with Gasteiger partial charge in [0.25, 0.3) is 0 Å². The van der Waals surface area contributed by atoms with Crippen LogP contribution in [0.2, 0.25) is 12.1 Å². The molecule has 0 aliphatic rings. The Morgan fingerprint density at radius 1 is 0.438 bits per heavy atom. The van der Waals surface area contributed by atoms with Gasteiger partial charge in [0.15, 0.2) is 0 Å². The number of nitrogens with zero attached hydrogens (tertiary/aromatic N) is 1. The molecule has 0 amide bonds. The number of aliphatic imine (C=N–C) groups is 1. The second-order valence-corrected chi connectivity index (χ2v) is 24.5. The minimum atomic E-state index is -3.15. The summed E-state index contributed by atoms with van der Waals surface area (Å²) in [7, 11) is -12.2. The fourth-order valence-electron chi connectivity index (χ4n) is 7.63. The molecule has 364 valence electrons. The molecular formula is C47H83NO12Si4. The van der Waals surface area contributed by atoms with E-state index in [-0.39, 0.29) is 0 Å². The summed E-state index contributed by atoms with van der Waals surface area (Å²) in [6.07, 6.45) is 5.49. The number of rotatable bonds is 37. The highest BCUT2D eigenvalue weighted by Gasteiger charge is 2.42. The third kappa shape index (κ3) is 18.2. The lowest BCUT2D eigenvalue weighted by molar-refractivity contribution is 0.0707. The first-order chi connectivity index (χ1) is 31.0. The first-order valence-electron chi connectivity index (χ1n) is 23.8. The predicted molar refractivity (Wildman–Crippen MR) is 266 cm³/mol. The van der Waals surface area contributed by atoms with Gasteiger partial charge in [-0.1, -0.05) is 48.6 Å². The summed E-state index contributed by atoms with van der Waals surface area (Å²) in [4.78, 5) is 5.44. The van der Waals surface area contributed by atoms with E-state index in [0.717, 1.165) is 39.1 Å². The number of benzene rings is 2. The Kier molecular flexibility index (Phi) is 28.9. The van der Waals surface area contributed by atoms with Gasteiger partial charge in [-0.2, -0.15) is 0 Å². The van der Waals surface area contributed by atoms with E-state index in [4.69, 9.17) is 58.1 Å². The van der Waals surface area contributed by atoms with Crippen molar-refractivity contribution in [1.29, 1.82) is 0 Å². The molecule has 0 aliphatic carbocycles. The van der Waals surface area contributed by atoms with Gasteiger partial charge in [0.05, 0.1) is 6.54 Å². The van der Waals surface area contributed by atoms with Gasteiger partial charge in [-0.3, -0.25) is 4.99 Å². The van der Waals surface area contributed by atoms with Crippen LogP contribution in [0.25, 0.3) is 12.2 Å². The highest BCUT2D eigenvalue weighted by atomic mass is 28.4. The van der Waals surface area contributed by atoms with Crippen molar-refractivity contribution in [2.24, 2.45) is 4.99 Å². The summed E-state index contributed by atoms with van der Waals surface area (Å²) in [5.41, 5.74) is 11.1. The highest BCUT2D eigenvalue weighted by Crippen LogP contribution is 2.29. The molecule has 0 aromatic heterocycles. The van der Waals surface area contributed by atoms with E-state index >= 15 is 0 Å². The average molecular weight is 967 g/mol. The molecular weight excluding hydrogens is 883 g/mol. The molecule has 64 heavy (non-hydrogen) atoms. The standard InChI is InChI=1S/C47H83NO12Si4/c1-14-49-61(50-15-2,51-16-3)36-32-42-28-26-29-43(33-37-62(52-17-4,53-18-5)54-19-6)46(42)40-48-41(13)47-44(34-38-63(55-20-7,56-21-8)57-22-9)30-27-31-45(47)35-39-64(58-23-10,59-24-11)60-25-12/h26-31,34-35,38-39H,14-25,32-33,36-37,40H2,1-13H3/b38-34+,39-35+,48-41?. The Morgan fingerprint density at radius 2 is 0.734 bits per heavy atom. The molecule has 2 aromatic rings. The third-order valence-corrected chi connectivity index (χ3v) is 21.3. The monoisotopic (exact) mass is 965 g/mol. The molecule has 0 N–H and O–H groups in total. The fourth-order valence-corrected chi connectivity index (χ4v) is 17.0. The van der Waals surface area contributed by atoms with Crippen LogP contribution in [0.4, 0.5) is 0 Å². The maximum absolute atomic E-state index is 6.30. The van der Waals surface area contributed by atoms with Crippen LogP contribution >= 0.6 is 0 Å². The van der Waals surface area contributed by atoms with Crippen LogP contribution in [0.1, 0.15) is 123 Å². The Labute approximate surface area is 391 Å². The SMILES string of the molecule is CCO[Si](/C=C/c1cccc(/C=C/[Si](OCC)(OCC)OCC)c1C(C)=NCc1c(CC[Si](OCC)(OCC)OCC)cccc1CC[Si](OCC)(OCC)OCC)(OCC)OCC. The second kappa shape index (κ2) is 31.9. The molecule has 0 aliphatic heterocycles. The normalized spacial score (nSPS) is 13.3. The van der Waals surface area contributed by atoms with Crippen molar-refractivity contribution >= 4 is 53.1 Å². The Hall–Kier alpha value is -2.02. The maximum Gasteiger partial charge on any atom is 0.529 e. The van der Waals surface area contributed by atoms with E-state index in [1.807, 2.05) is 101 Å². The van der Waals surface area contributed by atoms with Crippen LogP contribution in [0.3, 0.4) is 0 Å². The maximum atomic E-state index is 6.30. The van der Waals surface area contributed by atoms with E-state index in [0.29, 0.717) is 111 Å². The number of hydrogen-bond acceptors (Lipinski definition) is 13. The summed E-state index contributed by atoms with van der Waals surface area (Å²) in [5.74, 6) is 0. The summed E-state index contributed by atoms with van der Waals surface area (Å²) < 4.78 is 75.2. The van der Waals surface area contributed by atoms with Gasteiger partial charge >= 0.3 is 35.2 Å². The minimum absolute atomic E-state index is 0.419. The summed E-state index contributed by atoms with van der Waals surface area (Å²) in [5, 5.41) is 0. The average Bonchev–Trinajstić information content (AvgIpc) is 3.27. The lowest BCUT2D eigenvalue weighted by Crippen LogP contribution is -2.46. The van der Waals surface area contributed by atoms with Crippen LogP contribution in [0, 0.1) is 0 Å². The fraction of sp³-hybridized carbons (Fsp3) is 0.638. The lowest BCUT2D eigenvalue weighted by atomic mass is 9.96. The van der Waals surface area contributed by atoms with Gasteiger partial charge in [0, 0.05) is 103 Å². The molecule has 0 heterocycles. The van der Waals surface area contributed by atoms with Crippen LogP contribution < -0.4 is 0 Å². The Morgan fingerprint density at radius 3 is 1.03 bits per heavy atom. The third-order valence-electron chi connectivity index (χ3n) is 9.93. The van der Waals surface area contributed by atoms with Crippen molar-refractivity contribution in [3.8, 4) is 0 Å². The molecule has 13 nitrogen and oxygen atoms in total. The molecule has 0 saturated heterocycles. The highest BCUT2D eigenvalue weighted by molar-refractivity contribution is 6.67. The molecule has 0 bridgehead atoms. The summed E-state index contributed by atoms with van der Waals surface area (Å²) in [6, 6.07) is 14.0. The molecule has 0 spiro atoms. The smallest absolute Gasteiger partial charge is 0.374 e. The van der Waals surface area contributed by atoms with Gasteiger partial charge in [-0.25, -0.2) is 0 Å². The zero-order chi connectivity index (χ0) is 47.3. The van der Waals surface area contributed by atoms with Crippen LogP contribution in [-0.2, 0) is 72.5 Å². The van der Waals surface area contributed by atoms with Gasteiger partial charge < -0.3 is 53.1 Å². The summed E-state index contributed by atoms with van der Waals surface area (Å²) in [6.45, 7) is 32.0. The van der Waals surface area contributed by atoms with Gasteiger partial charge in [-0.15, -0.1) is 0 Å². The first-order valence-corrected chi connectivity index (χ1v) is 31.2.